The van der Waals surface area contributed by atoms with Gasteiger partial charge in [-0.05, 0) is 41.7 Å². The van der Waals surface area contributed by atoms with Gasteiger partial charge in [0, 0.05) is 13.1 Å². The first-order chi connectivity index (χ1) is 13.7. The van der Waals surface area contributed by atoms with Gasteiger partial charge in [0.05, 0.1) is 12.5 Å². The zero-order chi connectivity index (χ0) is 19.4. The number of hydrogen-bond acceptors (Lipinski definition) is 2. The van der Waals surface area contributed by atoms with Crippen molar-refractivity contribution in [3.05, 3.63) is 102 Å². The fourth-order valence-corrected chi connectivity index (χ4v) is 4.28. The Balaban J connectivity index is 1.79. The van der Waals surface area contributed by atoms with E-state index in [0.717, 1.165) is 41.8 Å². The van der Waals surface area contributed by atoms with Crippen molar-refractivity contribution in [2.75, 3.05) is 13.7 Å². The van der Waals surface area contributed by atoms with Crippen LogP contribution in [0.5, 0.6) is 5.75 Å². The second-order valence-electron chi connectivity index (χ2n) is 7.32. The molecule has 0 saturated carbocycles. The van der Waals surface area contributed by atoms with Crippen LogP contribution in [0, 0.1) is 0 Å². The first-order valence-electron chi connectivity index (χ1n) is 9.77. The number of likely N-dealkylation sites (tertiary alicyclic amines) is 1. The molecule has 3 aromatic rings. The molecule has 1 heterocycles. The van der Waals surface area contributed by atoms with E-state index in [4.69, 9.17) is 4.74 Å². The first-order valence-corrected chi connectivity index (χ1v) is 9.77. The fraction of sp³-hybridized carbons (Fsp3) is 0.240. The van der Waals surface area contributed by atoms with Crippen LogP contribution in [0.3, 0.4) is 0 Å². The Bertz CT molecular complexity index is 939. The minimum absolute atomic E-state index is 0.169. The molecule has 0 aliphatic carbocycles. The highest BCUT2D eigenvalue weighted by molar-refractivity contribution is 5.93. The maximum Gasteiger partial charge on any atom is 0.238 e. The normalized spacial score (nSPS) is 19.5. The topological polar surface area (TPSA) is 29.5 Å². The van der Waals surface area contributed by atoms with Crippen molar-refractivity contribution in [1.29, 1.82) is 0 Å². The van der Waals surface area contributed by atoms with Gasteiger partial charge >= 0.3 is 0 Å². The number of amides is 1. The molecule has 0 spiro atoms. The molecule has 1 aliphatic rings. The maximum absolute atomic E-state index is 13.9. The Kier molecular flexibility index (Phi) is 5.16. The minimum atomic E-state index is -0.678. The molecule has 0 N–H and O–H groups in total. The summed E-state index contributed by atoms with van der Waals surface area (Å²) in [7, 11) is 1.67. The van der Waals surface area contributed by atoms with Crippen molar-refractivity contribution < 1.29 is 9.53 Å². The van der Waals surface area contributed by atoms with E-state index in [0.29, 0.717) is 6.54 Å². The van der Waals surface area contributed by atoms with E-state index in [9.17, 15) is 4.79 Å². The van der Waals surface area contributed by atoms with Crippen molar-refractivity contribution in [2.24, 2.45) is 0 Å². The lowest BCUT2D eigenvalue weighted by Gasteiger charge is -2.42. The number of ether oxygens (including phenoxy) is 1. The van der Waals surface area contributed by atoms with Gasteiger partial charge in [0.25, 0.3) is 0 Å². The summed E-state index contributed by atoms with van der Waals surface area (Å²) < 4.78 is 5.46. The largest absolute Gasteiger partial charge is 0.497 e. The Morgan fingerprint density at radius 1 is 0.893 bits per heavy atom. The van der Waals surface area contributed by atoms with Gasteiger partial charge in [0.1, 0.15) is 5.75 Å². The summed E-state index contributed by atoms with van der Waals surface area (Å²) in [6.45, 7) is 1.42. The van der Waals surface area contributed by atoms with Gasteiger partial charge in [0.15, 0.2) is 0 Å². The third-order valence-electron chi connectivity index (χ3n) is 5.68. The standard InChI is InChI=1S/C25H25NO2/c1-28-23-15-8-14-22(18-23)25(21-12-6-3-7-13-21)16-9-17-26(24(25)27)19-20-10-4-2-5-11-20/h2-8,10-15,18H,9,16-17,19H2,1H3. The van der Waals surface area contributed by atoms with Crippen LogP contribution in [0.1, 0.15) is 29.5 Å². The predicted octanol–water partition coefficient (Wildman–Crippen LogP) is 4.80. The van der Waals surface area contributed by atoms with Crippen molar-refractivity contribution >= 4 is 5.91 Å². The Morgan fingerprint density at radius 2 is 1.57 bits per heavy atom. The van der Waals surface area contributed by atoms with E-state index in [1.54, 1.807) is 7.11 Å². The van der Waals surface area contributed by atoms with E-state index in [1.807, 2.05) is 59.5 Å². The van der Waals surface area contributed by atoms with Crippen LogP contribution in [0.2, 0.25) is 0 Å². The van der Waals surface area contributed by atoms with Gasteiger partial charge < -0.3 is 9.64 Å². The SMILES string of the molecule is COc1cccc(C2(c3ccccc3)CCCN(Cc3ccccc3)C2=O)c1. The lowest BCUT2D eigenvalue weighted by atomic mass is 9.68. The third kappa shape index (κ3) is 3.29. The highest BCUT2D eigenvalue weighted by atomic mass is 16.5. The van der Waals surface area contributed by atoms with Gasteiger partial charge in [0.2, 0.25) is 5.91 Å². The lowest BCUT2D eigenvalue weighted by molar-refractivity contribution is -0.139. The van der Waals surface area contributed by atoms with E-state index < -0.39 is 5.41 Å². The molecule has 1 aliphatic heterocycles. The summed E-state index contributed by atoms with van der Waals surface area (Å²) in [5.74, 6) is 0.947. The highest BCUT2D eigenvalue weighted by Gasteiger charge is 2.46. The molecule has 1 unspecified atom stereocenters. The third-order valence-corrected chi connectivity index (χ3v) is 5.68. The van der Waals surface area contributed by atoms with Gasteiger partial charge in [-0.25, -0.2) is 0 Å². The van der Waals surface area contributed by atoms with Crippen molar-refractivity contribution in [3.8, 4) is 5.75 Å². The van der Waals surface area contributed by atoms with Crippen LogP contribution in [0.25, 0.3) is 0 Å². The average Bonchev–Trinajstić information content (AvgIpc) is 2.77. The van der Waals surface area contributed by atoms with Crippen molar-refractivity contribution in [2.45, 2.75) is 24.8 Å². The molecule has 142 valence electrons. The zero-order valence-corrected chi connectivity index (χ0v) is 16.2. The van der Waals surface area contributed by atoms with Gasteiger partial charge in [-0.15, -0.1) is 0 Å². The van der Waals surface area contributed by atoms with Crippen molar-refractivity contribution in [3.63, 3.8) is 0 Å². The van der Waals surface area contributed by atoms with Crippen LogP contribution in [0.15, 0.2) is 84.9 Å². The molecule has 0 bridgehead atoms. The maximum atomic E-state index is 13.9. The van der Waals surface area contributed by atoms with E-state index >= 15 is 0 Å². The summed E-state index contributed by atoms with van der Waals surface area (Å²) in [6.07, 6.45) is 1.76. The van der Waals surface area contributed by atoms with Gasteiger partial charge in [-0.1, -0.05) is 72.8 Å². The van der Waals surface area contributed by atoms with Gasteiger partial charge in [-0.2, -0.15) is 0 Å². The second-order valence-corrected chi connectivity index (χ2v) is 7.32. The predicted molar refractivity (Wildman–Crippen MR) is 111 cm³/mol. The van der Waals surface area contributed by atoms with Crippen molar-refractivity contribution in [1.82, 2.24) is 4.90 Å². The molecular formula is C25H25NO2. The zero-order valence-electron chi connectivity index (χ0n) is 16.2. The van der Waals surface area contributed by atoms with E-state index in [2.05, 4.69) is 30.3 Å². The number of carbonyl (C=O) groups is 1. The molecule has 1 amide bonds. The molecule has 3 heteroatoms. The number of benzene rings is 3. The molecule has 28 heavy (non-hydrogen) atoms. The lowest BCUT2D eigenvalue weighted by Crippen LogP contribution is -2.51. The summed E-state index contributed by atoms with van der Waals surface area (Å²) in [4.78, 5) is 15.9. The fourth-order valence-electron chi connectivity index (χ4n) is 4.28. The molecule has 1 saturated heterocycles. The number of rotatable bonds is 5. The van der Waals surface area contributed by atoms with E-state index in [1.165, 1.54) is 0 Å². The Hall–Kier alpha value is -3.07. The van der Waals surface area contributed by atoms with Crippen LogP contribution in [-0.4, -0.2) is 24.5 Å². The number of methoxy groups -OCH3 is 1. The highest BCUT2D eigenvalue weighted by Crippen LogP contribution is 2.42. The average molecular weight is 371 g/mol. The van der Waals surface area contributed by atoms with Crippen LogP contribution in [-0.2, 0) is 16.8 Å². The second kappa shape index (κ2) is 7.89. The summed E-state index contributed by atoms with van der Waals surface area (Å²) in [5.41, 5.74) is 2.53. The number of piperidine rings is 1. The van der Waals surface area contributed by atoms with Gasteiger partial charge in [-0.3, -0.25) is 4.79 Å². The monoisotopic (exact) mass is 371 g/mol. The first kappa shape index (κ1) is 18.3. The minimum Gasteiger partial charge on any atom is -0.497 e. The molecule has 3 nitrogen and oxygen atoms in total. The molecule has 3 aromatic carbocycles. The summed E-state index contributed by atoms with van der Waals surface area (Å²) >= 11 is 0. The number of carbonyl (C=O) groups excluding carboxylic acids is 1. The number of hydrogen-bond donors (Lipinski definition) is 0. The van der Waals surface area contributed by atoms with Crippen LogP contribution >= 0.6 is 0 Å². The van der Waals surface area contributed by atoms with Crippen LogP contribution in [0.4, 0.5) is 0 Å². The Morgan fingerprint density at radius 3 is 2.29 bits per heavy atom. The molecule has 1 atom stereocenters. The number of nitrogens with zero attached hydrogens (tertiary/aromatic N) is 1. The Labute approximate surface area is 166 Å². The summed E-state index contributed by atoms with van der Waals surface area (Å²) in [5, 5.41) is 0. The van der Waals surface area contributed by atoms with Crippen LogP contribution < -0.4 is 4.74 Å². The molecule has 0 aromatic heterocycles. The van der Waals surface area contributed by atoms with E-state index in [-0.39, 0.29) is 5.91 Å². The molecule has 0 radical (unpaired) electrons. The summed E-state index contributed by atoms with van der Waals surface area (Å²) in [6, 6.07) is 28.4. The molecule has 4 rings (SSSR count). The smallest absolute Gasteiger partial charge is 0.238 e. The quantitative estimate of drug-likeness (QED) is 0.644. The molecular weight excluding hydrogens is 346 g/mol. The molecule has 1 fully saturated rings.